The molecule has 0 amide bonds. The highest BCUT2D eigenvalue weighted by atomic mass is 35.5. The van der Waals surface area contributed by atoms with E-state index in [0.29, 0.717) is 10.4 Å². The van der Waals surface area contributed by atoms with Crippen molar-refractivity contribution >= 4 is 11.6 Å². The van der Waals surface area contributed by atoms with Gasteiger partial charge in [0.05, 0.1) is 0 Å². The molecule has 1 aliphatic rings. The summed E-state index contributed by atoms with van der Waals surface area (Å²) in [6, 6.07) is 5.03. The largest absolute Gasteiger partial charge is 0.316 e. The summed E-state index contributed by atoms with van der Waals surface area (Å²) in [5.41, 5.74) is 0.950. The second-order valence-electron chi connectivity index (χ2n) is 6.22. The van der Waals surface area contributed by atoms with Gasteiger partial charge in [-0.15, -0.1) is 0 Å². The Hall–Kier alpha value is -0.600. The molecule has 0 unspecified atom stereocenters. The minimum Gasteiger partial charge on any atom is -0.316 e. The summed E-state index contributed by atoms with van der Waals surface area (Å²) in [6.45, 7) is 8.28. The van der Waals surface area contributed by atoms with Crippen molar-refractivity contribution in [2.75, 3.05) is 13.1 Å². The van der Waals surface area contributed by atoms with Crippen molar-refractivity contribution in [1.29, 1.82) is 0 Å². The molecule has 1 saturated carbocycles. The SMILES string of the molecule is CCNCC1(c2c(F)cccc2Cl)CC(CC)(CC)C1. The van der Waals surface area contributed by atoms with Crippen LogP contribution in [0.25, 0.3) is 0 Å². The average Bonchev–Trinajstić information content (AvgIpc) is 2.40. The molecule has 1 aliphatic carbocycles. The maximum absolute atomic E-state index is 14.3. The molecule has 1 nitrogen and oxygen atoms in total. The summed E-state index contributed by atoms with van der Waals surface area (Å²) in [4.78, 5) is 0. The van der Waals surface area contributed by atoms with Crippen LogP contribution in [0.1, 0.15) is 52.0 Å². The van der Waals surface area contributed by atoms with E-state index in [1.165, 1.54) is 6.07 Å². The lowest BCUT2D eigenvalue weighted by atomic mass is 9.48. The Morgan fingerprint density at radius 3 is 2.35 bits per heavy atom. The van der Waals surface area contributed by atoms with Gasteiger partial charge in [-0.05, 0) is 36.9 Å². The molecule has 112 valence electrons. The standard InChI is InChI=1S/C17H25ClFN/c1-4-16(5-2)10-17(11-16,12-20-6-3)15-13(18)8-7-9-14(15)19/h7-9,20H,4-6,10-12H2,1-3H3. The minimum atomic E-state index is -0.156. The highest BCUT2D eigenvalue weighted by Crippen LogP contribution is 2.60. The molecular formula is C17H25ClFN. The van der Waals surface area contributed by atoms with Gasteiger partial charge in [0.15, 0.2) is 0 Å². The lowest BCUT2D eigenvalue weighted by molar-refractivity contribution is 0.0112. The van der Waals surface area contributed by atoms with Gasteiger partial charge in [0, 0.05) is 22.5 Å². The normalized spacial score (nSPS) is 19.6. The van der Waals surface area contributed by atoms with Gasteiger partial charge in [0.1, 0.15) is 5.82 Å². The summed E-state index contributed by atoms with van der Waals surface area (Å²) >= 11 is 6.32. The van der Waals surface area contributed by atoms with Crippen LogP contribution < -0.4 is 5.32 Å². The Bertz CT molecular complexity index is 440. The van der Waals surface area contributed by atoms with Crippen LogP contribution >= 0.6 is 11.6 Å². The van der Waals surface area contributed by atoms with Gasteiger partial charge in [0.2, 0.25) is 0 Å². The Kier molecular flexibility index (Phi) is 4.76. The zero-order valence-corrected chi connectivity index (χ0v) is 13.5. The van der Waals surface area contributed by atoms with Crippen LogP contribution in [0, 0.1) is 11.2 Å². The summed E-state index contributed by atoms with van der Waals surface area (Å²) in [7, 11) is 0. The zero-order valence-electron chi connectivity index (χ0n) is 12.7. The summed E-state index contributed by atoms with van der Waals surface area (Å²) < 4.78 is 14.3. The third-order valence-electron chi connectivity index (χ3n) is 5.13. The van der Waals surface area contributed by atoms with E-state index in [1.54, 1.807) is 6.07 Å². The van der Waals surface area contributed by atoms with E-state index < -0.39 is 0 Å². The number of hydrogen-bond donors (Lipinski definition) is 1. The van der Waals surface area contributed by atoms with Gasteiger partial charge in [-0.2, -0.15) is 0 Å². The van der Waals surface area contributed by atoms with Gasteiger partial charge in [-0.25, -0.2) is 4.39 Å². The molecule has 1 aromatic carbocycles. The highest BCUT2D eigenvalue weighted by molar-refractivity contribution is 6.31. The maximum Gasteiger partial charge on any atom is 0.128 e. The molecule has 0 saturated heterocycles. The van der Waals surface area contributed by atoms with E-state index in [9.17, 15) is 4.39 Å². The molecule has 0 heterocycles. The maximum atomic E-state index is 14.3. The Balaban J connectivity index is 2.35. The van der Waals surface area contributed by atoms with Crippen LogP contribution in [-0.2, 0) is 5.41 Å². The van der Waals surface area contributed by atoms with Crippen LogP contribution in [-0.4, -0.2) is 13.1 Å². The lowest BCUT2D eigenvalue weighted by Crippen LogP contribution is -2.55. The van der Waals surface area contributed by atoms with Crippen LogP contribution in [0.3, 0.4) is 0 Å². The van der Waals surface area contributed by atoms with Crippen LogP contribution in [0.2, 0.25) is 5.02 Å². The second-order valence-corrected chi connectivity index (χ2v) is 6.63. The highest BCUT2D eigenvalue weighted by Gasteiger charge is 2.54. The quantitative estimate of drug-likeness (QED) is 0.785. The van der Waals surface area contributed by atoms with Gasteiger partial charge >= 0.3 is 0 Å². The fraction of sp³-hybridized carbons (Fsp3) is 0.647. The van der Waals surface area contributed by atoms with Crippen molar-refractivity contribution in [1.82, 2.24) is 5.32 Å². The average molecular weight is 298 g/mol. The molecule has 0 atom stereocenters. The molecule has 3 heteroatoms. The van der Waals surface area contributed by atoms with E-state index in [0.717, 1.165) is 44.3 Å². The lowest BCUT2D eigenvalue weighted by Gasteiger charge is -2.57. The van der Waals surface area contributed by atoms with Crippen molar-refractivity contribution in [3.8, 4) is 0 Å². The first-order chi connectivity index (χ1) is 9.52. The topological polar surface area (TPSA) is 12.0 Å². The molecule has 1 aromatic rings. The molecule has 2 rings (SSSR count). The third-order valence-corrected chi connectivity index (χ3v) is 5.45. The fourth-order valence-corrected chi connectivity index (χ4v) is 4.26. The summed E-state index contributed by atoms with van der Waals surface area (Å²) in [5, 5.41) is 3.98. The van der Waals surface area contributed by atoms with Crippen molar-refractivity contribution in [3.05, 3.63) is 34.6 Å². The van der Waals surface area contributed by atoms with Gasteiger partial charge in [-0.3, -0.25) is 0 Å². The third kappa shape index (κ3) is 2.60. The number of rotatable bonds is 6. The number of likely N-dealkylation sites (N-methyl/N-ethyl adjacent to an activating group) is 1. The number of benzene rings is 1. The Morgan fingerprint density at radius 2 is 1.85 bits per heavy atom. The molecule has 0 spiro atoms. The summed E-state index contributed by atoms with van der Waals surface area (Å²) in [5.74, 6) is -0.156. The van der Waals surface area contributed by atoms with E-state index >= 15 is 0 Å². The van der Waals surface area contributed by atoms with E-state index in [-0.39, 0.29) is 11.2 Å². The van der Waals surface area contributed by atoms with Gasteiger partial charge < -0.3 is 5.32 Å². The van der Waals surface area contributed by atoms with Crippen molar-refractivity contribution in [3.63, 3.8) is 0 Å². The van der Waals surface area contributed by atoms with Gasteiger partial charge in [-0.1, -0.05) is 51.3 Å². The second kappa shape index (κ2) is 6.03. The van der Waals surface area contributed by atoms with E-state index in [4.69, 9.17) is 11.6 Å². The minimum absolute atomic E-state index is 0.134. The van der Waals surface area contributed by atoms with Crippen molar-refractivity contribution < 1.29 is 4.39 Å². The molecule has 1 N–H and O–H groups in total. The van der Waals surface area contributed by atoms with Gasteiger partial charge in [0.25, 0.3) is 0 Å². The molecule has 20 heavy (non-hydrogen) atoms. The Morgan fingerprint density at radius 1 is 1.20 bits per heavy atom. The smallest absolute Gasteiger partial charge is 0.128 e. The van der Waals surface area contributed by atoms with Crippen LogP contribution in [0.4, 0.5) is 4.39 Å². The first-order valence-electron chi connectivity index (χ1n) is 7.68. The molecule has 0 aromatic heterocycles. The zero-order chi connectivity index (χ0) is 14.8. The molecule has 0 radical (unpaired) electrons. The molecule has 1 fully saturated rings. The monoisotopic (exact) mass is 297 g/mol. The van der Waals surface area contributed by atoms with E-state index in [2.05, 4.69) is 26.1 Å². The van der Waals surface area contributed by atoms with Crippen LogP contribution in [0.15, 0.2) is 18.2 Å². The fourth-order valence-electron chi connectivity index (χ4n) is 3.89. The molecule has 0 bridgehead atoms. The summed E-state index contributed by atoms with van der Waals surface area (Å²) in [6.07, 6.45) is 4.37. The van der Waals surface area contributed by atoms with Crippen LogP contribution in [0.5, 0.6) is 0 Å². The molecular weight excluding hydrogens is 273 g/mol. The number of hydrogen-bond acceptors (Lipinski definition) is 1. The predicted octanol–water partition coefficient (Wildman–Crippen LogP) is 4.93. The first kappa shape index (κ1) is 15.8. The number of halogens is 2. The van der Waals surface area contributed by atoms with Crippen molar-refractivity contribution in [2.24, 2.45) is 5.41 Å². The van der Waals surface area contributed by atoms with Crippen molar-refractivity contribution in [2.45, 2.75) is 51.9 Å². The molecule has 0 aliphatic heterocycles. The predicted molar refractivity (Wildman–Crippen MR) is 83.9 cm³/mol. The first-order valence-corrected chi connectivity index (χ1v) is 8.05. The Labute approximate surface area is 126 Å². The number of nitrogens with one attached hydrogen (secondary N) is 1. The van der Waals surface area contributed by atoms with E-state index in [1.807, 2.05) is 6.07 Å².